The Morgan fingerprint density at radius 3 is 2.65 bits per heavy atom. The summed E-state index contributed by atoms with van der Waals surface area (Å²) in [6, 6.07) is 11.7. The number of hydrogen-bond donors (Lipinski definition) is 1. The maximum absolute atomic E-state index is 12.5. The molecule has 5 nitrogen and oxygen atoms in total. The molecular weight excluding hydrogens is 288 g/mol. The fraction of sp³-hybridized carbons (Fsp3) is 0.278. The second-order valence-corrected chi connectivity index (χ2v) is 6.10. The predicted octanol–water partition coefficient (Wildman–Crippen LogP) is 3.88. The van der Waals surface area contributed by atoms with E-state index in [-0.39, 0.29) is 11.9 Å². The van der Waals surface area contributed by atoms with Crippen molar-refractivity contribution in [2.75, 3.05) is 5.32 Å². The van der Waals surface area contributed by atoms with Crippen LogP contribution in [0.3, 0.4) is 0 Å². The highest BCUT2D eigenvalue weighted by Crippen LogP contribution is 2.20. The van der Waals surface area contributed by atoms with Crippen molar-refractivity contribution in [1.82, 2.24) is 15.0 Å². The number of aryl methyl sites for hydroxylation is 2. The summed E-state index contributed by atoms with van der Waals surface area (Å²) in [6.45, 7) is 8.09. The predicted molar refractivity (Wildman–Crippen MR) is 91.8 cm³/mol. The molecule has 1 N–H and O–H groups in total. The second-order valence-electron chi connectivity index (χ2n) is 6.10. The number of carbonyl (C=O) groups excluding carboxylic acids is 1. The maximum atomic E-state index is 12.5. The maximum Gasteiger partial charge on any atom is 0.255 e. The summed E-state index contributed by atoms with van der Waals surface area (Å²) in [5.41, 5.74) is 5.22. The highest BCUT2D eigenvalue weighted by atomic mass is 16.1. The van der Waals surface area contributed by atoms with Crippen molar-refractivity contribution in [3.8, 4) is 0 Å². The number of aromatic nitrogens is 3. The number of anilines is 1. The zero-order valence-electron chi connectivity index (χ0n) is 13.8. The zero-order valence-corrected chi connectivity index (χ0v) is 13.8. The van der Waals surface area contributed by atoms with Crippen LogP contribution in [0.15, 0.2) is 36.4 Å². The molecule has 3 rings (SSSR count). The van der Waals surface area contributed by atoms with Gasteiger partial charge in [-0.2, -0.15) is 0 Å². The molecule has 1 heterocycles. The number of nitrogens with one attached hydrogen (secondary N) is 1. The molecule has 0 spiro atoms. The van der Waals surface area contributed by atoms with Crippen LogP contribution < -0.4 is 5.32 Å². The minimum Gasteiger partial charge on any atom is -0.322 e. The summed E-state index contributed by atoms with van der Waals surface area (Å²) in [7, 11) is 0. The highest BCUT2D eigenvalue weighted by molar-refractivity contribution is 6.06. The van der Waals surface area contributed by atoms with E-state index in [0.717, 1.165) is 27.8 Å². The Labute approximate surface area is 135 Å². The molecule has 0 fully saturated rings. The first-order valence-electron chi connectivity index (χ1n) is 7.69. The highest BCUT2D eigenvalue weighted by Gasteiger charge is 2.12. The first kappa shape index (κ1) is 15.2. The van der Waals surface area contributed by atoms with Gasteiger partial charge in [0.25, 0.3) is 5.91 Å². The number of carbonyl (C=O) groups is 1. The van der Waals surface area contributed by atoms with Gasteiger partial charge in [0.05, 0.1) is 5.52 Å². The lowest BCUT2D eigenvalue weighted by atomic mass is 10.1. The first-order valence-corrected chi connectivity index (χ1v) is 7.69. The van der Waals surface area contributed by atoms with Gasteiger partial charge in [-0.25, -0.2) is 4.68 Å². The Bertz CT molecular complexity index is 880. The van der Waals surface area contributed by atoms with E-state index in [9.17, 15) is 4.79 Å². The van der Waals surface area contributed by atoms with Crippen LogP contribution in [0.4, 0.5) is 5.69 Å². The molecular formula is C18H20N4O. The van der Waals surface area contributed by atoms with Crippen molar-refractivity contribution in [3.63, 3.8) is 0 Å². The van der Waals surface area contributed by atoms with Crippen LogP contribution >= 0.6 is 0 Å². The third kappa shape index (κ3) is 2.95. The lowest BCUT2D eigenvalue weighted by Crippen LogP contribution is -2.13. The average molecular weight is 308 g/mol. The first-order chi connectivity index (χ1) is 11.0. The van der Waals surface area contributed by atoms with Crippen LogP contribution in [0.2, 0.25) is 0 Å². The van der Waals surface area contributed by atoms with Gasteiger partial charge in [-0.1, -0.05) is 17.3 Å². The van der Waals surface area contributed by atoms with Gasteiger partial charge in [0, 0.05) is 17.3 Å². The molecule has 1 aromatic heterocycles. The van der Waals surface area contributed by atoms with Crippen LogP contribution in [0.1, 0.15) is 41.4 Å². The molecule has 0 aliphatic rings. The Kier molecular flexibility index (Phi) is 3.86. The Morgan fingerprint density at radius 2 is 1.91 bits per heavy atom. The molecule has 0 radical (unpaired) electrons. The fourth-order valence-electron chi connectivity index (χ4n) is 2.53. The van der Waals surface area contributed by atoms with E-state index in [0.29, 0.717) is 5.56 Å². The summed E-state index contributed by atoms with van der Waals surface area (Å²) in [4.78, 5) is 12.5. The van der Waals surface area contributed by atoms with Crippen molar-refractivity contribution in [1.29, 1.82) is 0 Å². The minimum absolute atomic E-state index is 0.139. The summed E-state index contributed by atoms with van der Waals surface area (Å²) in [5.74, 6) is -0.139. The molecule has 0 aliphatic heterocycles. The molecule has 0 saturated carbocycles. The standard InChI is InChI=1S/C18H20N4O/c1-11(2)22-17-8-7-14(10-16(17)20-21-22)18(23)19-15-9-12(3)5-6-13(15)4/h5-11H,1-4H3,(H,19,23). The largest absolute Gasteiger partial charge is 0.322 e. The molecule has 0 atom stereocenters. The van der Waals surface area contributed by atoms with Gasteiger partial charge in [-0.05, 0) is 63.1 Å². The van der Waals surface area contributed by atoms with Gasteiger partial charge in [-0.3, -0.25) is 4.79 Å². The van der Waals surface area contributed by atoms with E-state index in [4.69, 9.17) is 0 Å². The molecule has 3 aromatic rings. The van der Waals surface area contributed by atoms with Gasteiger partial charge in [0.15, 0.2) is 0 Å². The van der Waals surface area contributed by atoms with E-state index in [1.165, 1.54) is 0 Å². The third-order valence-electron chi connectivity index (χ3n) is 3.86. The smallest absolute Gasteiger partial charge is 0.255 e. The molecule has 23 heavy (non-hydrogen) atoms. The number of nitrogens with zero attached hydrogens (tertiary/aromatic N) is 3. The molecule has 1 amide bonds. The number of hydrogen-bond acceptors (Lipinski definition) is 3. The minimum atomic E-state index is -0.139. The molecule has 0 saturated heterocycles. The molecule has 118 valence electrons. The lowest BCUT2D eigenvalue weighted by molar-refractivity contribution is 0.102. The van der Waals surface area contributed by atoms with E-state index < -0.39 is 0 Å². The van der Waals surface area contributed by atoms with Gasteiger partial charge < -0.3 is 5.32 Å². The second kappa shape index (κ2) is 5.83. The zero-order chi connectivity index (χ0) is 16.6. The van der Waals surface area contributed by atoms with Crippen LogP contribution in [-0.2, 0) is 0 Å². The lowest BCUT2D eigenvalue weighted by Gasteiger charge is -2.10. The number of fused-ring (bicyclic) bond motifs is 1. The van der Waals surface area contributed by atoms with E-state index in [1.807, 2.05) is 48.9 Å². The van der Waals surface area contributed by atoms with Crippen molar-refractivity contribution in [3.05, 3.63) is 53.1 Å². The molecule has 2 aromatic carbocycles. The number of benzene rings is 2. The SMILES string of the molecule is Cc1ccc(C)c(NC(=O)c2ccc3c(c2)nnn3C(C)C)c1. The quantitative estimate of drug-likeness (QED) is 0.798. The van der Waals surface area contributed by atoms with E-state index in [2.05, 4.69) is 29.5 Å². The summed E-state index contributed by atoms with van der Waals surface area (Å²) >= 11 is 0. The normalized spacial score (nSPS) is 11.2. The van der Waals surface area contributed by atoms with E-state index in [1.54, 1.807) is 6.07 Å². The molecule has 0 bridgehead atoms. The van der Waals surface area contributed by atoms with Crippen LogP contribution in [0, 0.1) is 13.8 Å². The van der Waals surface area contributed by atoms with Crippen molar-refractivity contribution < 1.29 is 4.79 Å². The fourth-order valence-corrected chi connectivity index (χ4v) is 2.53. The number of amides is 1. The third-order valence-corrected chi connectivity index (χ3v) is 3.86. The molecule has 0 unspecified atom stereocenters. The van der Waals surface area contributed by atoms with Gasteiger partial charge in [0.2, 0.25) is 0 Å². The molecule has 5 heteroatoms. The van der Waals surface area contributed by atoms with Crippen LogP contribution in [0.5, 0.6) is 0 Å². The summed E-state index contributed by atoms with van der Waals surface area (Å²) < 4.78 is 1.85. The Morgan fingerprint density at radius 1 is 1.13 bits per heavy atom. The van der Waals surface area contributed by atoms with Crippen LogP contribution in [0.25, 0.3) is 11.0 Å². The molecule has 0 aliphatic carbocycles. The van der Waals surface area contributed by atoms with Crippen molar-refractivity contribution in [2.24, 2.45) is 0 Å². The Hall–Kier alpha value is -2.69. The summed E-state index contributed by atoms with van der Waals surface area (Å²) in [5, 5.41) is 11.3. The van der Waals surface area contributed by atoms with Crippen LogP contribution in [-0.4, -0.2) is 20.9 Å². The summed E-state index contributed by atoms with van der Waals surface area (Å²) in [6.07, 6.45) is 0. The Balaban J connectivity index is 1.90. The van der Waals surface area contributed by atoms with Gasteiger partial charge >= 0.3 is 0 Å². The van der Waals surface area contributed by atoms with Crippen molar-refractivity contribution >= 4 is 22.6 Å². The van der Waals surface area contributed by atoms with Gasteiger partial charge in [-0.15, -0.1) is 5.10 Å². The topological polar surface area (TPSA) is 59.8 Å². The van der Waals surface area contributed by atoms with E-state index >= 15 is 0 Å². The average Bonchev–Trinajstić information content (AvgIpc) is 2.94. The van der Waals surface area contributed by atoms with Gasteiger partial charge in [0.1, 0.15) is 5.52 Å². The van der Waals surface area contributed by atoms with Crippen molar-refractivity contribution in [2.45, 2.75) is 33.7 Å². The number of rotatable bonds is 3. The monoisotopic (exact) mass is 308 g/mol.